The van der Waals surface area contributed by atoms with Crippen LogP contribution in [-0.4, -0.2) is 26.5 Å². The van der Waals surface area contributed by atoms with Crippen LogP contribution >= 0.6 is 0 Å². The van der Waals surface area contributed by atoms with Gasteiger partial charge in [-0.25, -0.2) is 9.97 Å². The average molecular weight is 484 g/mol. The Hall–Kier alpha value is -3.62. The van der Waals surface area contributed by atoms with E-state index >= 15 is 0 Å². The van der Waals surface area contributed by atoms with Gasteiger partial charge in [-0.15, -0.1) is 0 Å². The third-order valence-corrected chi connectivity index (χ3v) is 5.97. The number of nitrogens with one attached hydrogen (secondary N) is 1. The Balaban J connectivity index is 1.79. The lowest BCUT2D eigenvalue weighted by Gasteiger charge is -2.15. The number of para-hydroxylation sites is 2. The Morgan fingerprint density at radius 1 is 1.00 bits per heavy atom. The Labute approximate surface area is 201 Å². The van der Waals surface area contributed by atoms with E-state index in [4.69, 9.17) is 5.73 Å². The molecule has 2 heterocycles. The average Bonchev–Trinajstić information content (AvgIpc) is 3.07. The maximum absolute atomic E-state index is 13.3. The molecule has 4 rings (SSSR count). The maximum atomic E-state index is 13.3. The van der Waals surface area contributed by atoms with Crippen LogP contribution in [0.1, 0.15) is 56.0 Å². The molecule has 35 heavy (non-hydrogen) atoms. The Morgan fingerprint density at radius 3 is 2.23 bits per heavy atom. The van der Waals surface area contributed by atoms with Gasteiger partial charge in [0, 0.05) is 11.7 Å². The molecular weight excluding hydrogens is 455 g/mol. The number of alkyl halides is 3. The van der Waals surface area contributed by atoms with Gasteiger partial charge < -0.3 is 11.1 Å². The number of halogens is 3. The summed E-state index contributed by atoms with van der Waals surface area (Å²) in [7, 11) is 0. The van der Waals surface area contributed by atoms with E-state index in [9.17, 15) is 18.0 Å². The van der Waals surface area contributed by atoms with Crippen LogP contribution in [0.3, 0.4) is 0 Å². The zero-order valence-electron chi connectivity index (χ0n) is 19.9. The van der Waals surface area contributed by atoms with Crippen molar-refractivity contribution >= 4 is 33.9 Å². The Morgan fingerprint density at radius 2 is 1.63 bits per heavy atom. The molecule has 0 saturated heterocycles. The normalized spacial score (nSPS) is 13.0. The van der Waals surface area contributed by atoms with Crippen LogP contribution in [0.15, 0.2) is 48.5 Å². The summed E-state index contributed by atoms with van der Waals surface area (Å²) >= 11 is 0. The largest absolute Gasteiger partial charge is 0.416 e. The molecule has 0 spiro atoms. The van der Waals surface area contributed by atoms with E-state index in [0.717, 1.165) is 31.4 Å². The number of nitrogens with zero attached hydrogens (tertiary/aromatic N) is 3. The zero-order valence-corrected chi connectivity index (χ0v) is 19.9. The van der Waals surface area contributed by atoms with Gasteiger partial charge in [-0.1, -0.05) is 38.8 Å². The molecule has 0 unspecified atom stereocenters. The van der Waals surface area contributed by atoms with Crippen molar-refractivity contribution in [2.45, 2.75) is 52.3 Å². The lowest BCUT2D eigenvalue weighted by Crippen LogP contribution is -2.33. The lowest BCUT2D eigenvalue weighted by molar-refractivity contribution is -0.137. The number of benzene rings is 2. The number of fused-ring (bicyclic) bond motifs is 2. The topological polar surface area (TPSA) is 85.8 Å². The second-order valence-corrected chi connectivity index (χ2v) is 9.22. The van der Waals surface area contributed by atoms with Gasteiger partial charge in [-0.2, -0.15) is 13.2 Å². The van der Waals surface area contributed by atoms with Crippen molar-refractivity contribution in [3.8, 4) is 5.69 Å². The minimum atomic E-state index is -4.46. The van der Waals surface area contributed by atoms with Gasteiger partial charge in [0.1, 0.15) is 16.9 Å². The SMILES string of the molecule is CC(C)CCC[C@@H](C)NC(=O)c1c(N)n(-c2ccc(C(F)(F)F)cc2)c2nc3ccccc3nc12. The molecule has 1 amide bonds. The fourth-order valence-corrected chi connectivity index (χ4v) is 4.15. The molecule has 6 nitrogen and oxygen atoms in total. The summed E-state index contributed by atoms with van der Waals surface area (Å²) in [5.74, 6) is 0.264. The highest BCUT2D eigenvalue weighted by atomic mass is 19.4. The smallest absolute Gasteiger partial charge is 0.384 e. The molecule has 0 bridgehead atoms. The van der Waals surface area contributed by atoms with E-state index in [-0.39, 0.29) is 23.3 Å². The van der Waals surface area contributed by atoms with Gasteiger partial charge >= 0.3 is 6.18 Å². The van der Waals surface area contributed by atoms with Gasteiger partial charge in [0.2, 0.25) is 0 Å². The van der Waals surface area contributed by atoms with Crippen molar-refractivity contribution in [3.05, 3.63) is 59.7 Å². The second kappa shape index (κ2) is 9.56. The standard InChI is InChI=1S/C26H28F3N5O/c1-15(2)7-6-8-16(3)31-25(35)21-22-24(33-20-10-5-4-9-19(20)32-22)34(23(21)30)18-13-11-17(12-14-18)26(27,28)29/h4-5,9-16H,6-8,30H2,1-3H3,(H,31,35)/t16-/m1/s1. The van der Waals surface area contributed by atoms with Gasteiger partial charge in [-0.05, 0) is 55.7 Å². The van der Waals surface area contributed by atoms with E-state index in [1.165, 1.54) is 16.7 Å². The molecule has 3 N–H and O–H groups in total. The maximum Gasteiger partial charge on any atom is 0.416 e. The first-order valence-corrected chi connectivity index (χ1v) is 11.6. The molecule has 0 fully saturated rings. The molecular formula is C26H28F3N5O. The molecule has 184 valence electrons. The number of amides is 1. The molecule has 1 atom stereocenters. The zero-order chi connectivity index (χ0) is 25.3. The first-order chi connectivity index (χ1) is 16.6. The molecule has 9 heteroatoms. The molecule has 2 aromatic heterocycles. The first-order valence-electron chi connectivity index (χ1n) is 11.6. The van der Waals surface area contributed by atoms with E-state index in [1.807, 2.05) is 19.1 Å². The van der Waals surface area contributed by atoms with Crippen molar-refractivity contribution in [3.63, 3.8) is 0 Å². The van der Waals surface area contributed by atoms with E-state index < -0.39 is 11.7 Å². The number of carbonyl (C=O) groups excluding carboxylic acids is 1. The molecule has 2 aromatic carbocycles. The second-order valence-electron chi connectivity index (χ2n) is 9.22. The van der Waals surface area contributed by atoms with E-state index in [2.05, 4.69) is 29.1 Å². The molecule has 4 aromatic rings. The van der Waals surface area contributed by atoms with Crippen molar-refractivity contribution in [2.75, 3.05) is 5.73 Å². The molecule has 0 radical (unpaired) electrons. The highest BCUT2D eigenvalue weighted by Gasteiger charge is 2.31. The van der Waals surface area contributed by atoms with Gasteiger partial charge in [-0.3, -0.25) is 9.36 Å². The predicted octanol–water partition coefficient (Wildman–Crippen LogP) is 6.12. The quantitative estimate of drug-likeness (QED) is 0.332. The number of aromatic nitrogens is 3. The molecule has 0 aliphatic heterocycles. The summed E-state index contributed by atoms with van der Waals surface area (Å²) in [6, 6.07) is 11.7. The monoisotopic (exact) mass is 483 g/mol. The lowest BCUT2D eigenvalue weighted by atomic mass is 10.0. The highest BCUT2D eigenvalue weighted by Crippen LogP contribution is 2.33. The van der Waals surface area contributed by atoms with Crippen molar-refractivity contribution < 1.29 is 18.0 Å². The van der Waals surface area contributed by atoms with Crippen molar-refractivity contribution in [1.82, 2.24) is 19.9 Å². The van der Waals surface area contributed by atoms with Crippen molar-refractivity contribution in [2.24, 2.45) is 5.92 Å². The van der Waals surface area contributed by atoms with Gasteiger partial charge in [0.25, 0.3) is 5.91 Å². The van der Waals surface area contributed by atoms with Crippen LogP contribution in [0.5, 0.6) is 0 Å². The minimum absolute atomic E-state index is 0.0712. The number of rotatable bonds is 7. The van der Waals surface area contributed by atoms with Gasteiger partial charge in [0.05, 0.1) is 16.6 Å². The van der Waals surface area contributed by atoms with Crippen LogP contribution in [0, 0.1) is 5.92 Å². The fraction of sp³-hybridized carbons (Fsp3) is 0.346. The predicted molar refractivity (Wildman–Crippen MR) is 131 cm³/mol. The summed E-state index contributed by atoms with van der Waals surface area (Å²) in [5, 5.41) is 3.00. The molecule has 0 saturated carbocycles. The van der Waals surface area contributed by atoms with Crippen LogP contribution in [0.25, 0.3) is 27.9 Å². The molecule has 0 aliphatic rings. The van der Waals surface area contributed by atoms with Crippen LogP contribution in [0.2, 0.25) is 0 Å². The van der Waals surface area contributed by atoms with Crippen LogP contribution < -0.4 is 11.1 Å². The first kappa shape index (κ1) is 24.5. The van der Waals surface area contributed by atoms with Crippen LogP contribution in [-0.2, 0) is 6.18 Å². The summed E-state index contributed by atoms with van der Waals surface area (Å²) in [6.07, 6.45) is -1.61. The van der Waals surface area contributed by atoms with E-state index in [1.54, 1.807) is 12.1 Å². The number of hydrogen-bond donors (Lipinski definition) is 2. The van der Waals surface area contributed by atoms with Crippen LogP contribution in [0.4, 0.5) is 19.0 Å². The Bertz CT molecular complexity index is 1360. The van der Waals surface area contributed by atoms with E-state index in [0.29, 0.717) is 33.8 Å². The summed E-state index contributed by atoms with van der Waals surface area (Å²) < 4.78 is 40.7. The van der Waals surface area contributed by atoms with Crippen molar-refractivity contribution in [1.29, 1.82) is 0 Å². The Kier molecular flexibility index (Phi) is 6.69. The highest BCUT2D eigenvalue weighted by molar-refractivity contribution is 6.11. The van der Waals surface area contributed by atoms with Gasteiger partial charge in [0.15, 0.2) is 5.65 Å². The minimum Gasteiger partial charge on any atom is -0.384 e. The number of anilines is 1. The summed E-state index contributed by atoms with van der Waals surface area (Å²) in [4.78, 5) is 22.6. The third kappa shape index (κ3) is 5.08. The number of nitrogens with two attached hydrogens (primary N) is 1. The summed E-state index contributed by atoms with van der Waals surface area (Å²) in [6.45, 7) is 6.25. The number of hydrogen-bond acceptors (Lipinski definition) is 4. The molecule has 0 aliphatic carbocycles. The summed E-state index contributed by atoms with van der Waals surface area (Å²) in [5.41, 5.74) is 7.96. The number of nitrogen functional groups attached to an aromatic ring is 1. The number of carbonyl (C=O) groups is 1. The fourth-order valence-electron chi connectivity index (χ4n) is 4.15. The third-order valence-electron chi connectivity index (χ3n) is 5.97.